The minimum absolute atomic E-state index is 0.0908. The molecule has 1 saturated heterocycles. The molecule has 0 amide bonds. The summed E-state index contributed by atoms with van der Waals surface area (Å²) in [5, 5.41) is 4.05. The Morgan fingerprint density at radius 3 is 2.80 bits per heavy atom. The third kappa shape index (κ3) is 4.26. The molecule has 2 aromatic rings. The van der Waals surface area contributed by atoms with Gasteiger partial charge in [-0.2, -0.15) is 0 Å². The largest absolute Gasteiger partial charge is 0.375 e. The number of benzene rings is 1. The van der Waals surface area contributed by atoms with E-state index in [9.17, 15) is 0 Å². The van der Waals surface area contributed by atoms with Crippen molar-refractivity contribution in [3.63, 3.8) is 0 Å². The third-order valence-corrected chi connectivity index (χ3v) is 9.94. The first-order chi connectivity index (χ1) is 17.1. The predicted octanol–water partition coefficient (Wildman–Crippen LogP) is 6.61. The van der Waals surface area contributed by atoms with E-state index >= 15 is 0 Å². The van der Waals surface area contributed by atoms with Gasteiger partial charge in [-0.05, 0) is 93.7 Å². The van der Waals surface area contributed by atoms with E-state index in [0.717, 1.165) is 39.0 Å². The number of hydrogen-bond donors (Lipinski definition) is 1. The van der Waals surface area contributed by atoms with Gasteiger partial charge >= 0.3 is 0 Å². The van der Waals surface area contributed by atoms with E-state index in [0.29, 0.717) is 18.1 Å². The Bertz CT molecular complexity index is 1020. The predicted molar refractivity (Wildman–Crippen MR) is 141 cm³/mol. The van der Waals surface area contributed by atoms with E-state index in [1.165, 1.54) is 50.6 Å². The van der Waals surface area contributed by atoms with Crippen LogP contribution in [0.5, 0.6) is 0 Å². The lowest BCUT2D eigenvalue weighted by Gasteiger charge is -2.46. The molecule has 1 N–H and O–H groups in total. The summed E-state index contributed by atoms with van der Waals surface area (Å²) in [7, 11) is 0. The van der Waals surface area contributed by atoms with Gasteiger partial charge in [-0.25, -0.2) is 0 Å². The Hall–Kier alpha value is -1.75. The number of nitrogens with one attached hydrogen (secondary N) is 1. The zero-order valence-corrected chi connectivity index (χ0v) is 21.8. The molecule has 2 fully saturated rings. The highest BCUT2D eigenvalue weighted by Gasteiger charge is 2.48. The van der Waals surface area contributed by atoms with E-state index in [-0.39, 0.29) is 11.0 Å². The van der Waals surface area contributed by atoms with Crippen LogP contribution < -0.4 is 5.32 Å². The van der Waals surface area contributed by atoms with Crippen LogP contribution in [0.3, 0.4) is 0 Å². The lowest BCUT2D eigenvalue weighted by Crippen LogP contribution is -2.47. The summed E-state index contributed by atoms with van der Waals surface area (Å²) < 4.78 is 6.46. The molecule has 4 heteroatoms. The maximum absolute atomic E-state index is 6.46. The number of ether oxygens (including phenoxy) is 1. The average Bonchev–Trinajstić information content (AvgIpc) is 3.51. The molecule has 4 nitrogen and oxygen atoms in total. The number of hydrogen-bond acceptors (Lipinski definition) is 4. The lowest BCUT2D eigenvalue weighted by atomic mass is 9.68. The van der Waals surface area contributed by atoms with Crippen molar-refractivity contribution in [3.8, 4) is 0 Å². The monoisotopic (exact) mass is 473 g/mol. The smallest absolute Gasteiger partial charge is 0.0691 e. The Balaban J connectivity index is 1.20. The lowest BCUT2D eigenvalue weighted by molar-refractivity contribution is -0.104. The van der Waals surface area contributed by atoms with Crippen LogP contribution in [0, 0.1) is 0 Å². The molecule has 4 atom stereocenters. The molecule has 4 aliphatic rings. The van der Waals surface area contributed by atoms with Gasteiger partial charge in [0, 0.05) is 48.6 Å². The highest BCUT2D eigenvalue weighted by Crippen LogP contribution is 2.50. The van der Waals surface area contributed by atoms with Crippen LogP contribution in [0.1, 0.15) is 113 Å². The number of rotatable bonds is 7. The minimum atomic E-state index is 0.0908. The van der Waals surface area contributed by atoms with E-state index in [4.69, 9.17) is 9.72 Å². The molecule has 0 radical (unpaired) electrons. The molecule has 3 heterocycles. The molecule has 1 saturated carbocycles. The SMILES string of the molecule is CCC(C)N1Cc2cccc3c2C1CCC3NCC[C@@]1(c2ccccn2)CCOC2(CCCC2)C1. The topological polar surface area (TPSA) is 37.4 Å². The fourth-order valence-corrected chi connectivity index (χ4v) is 7.94. The van der Waals surface area contributed by atoms with E-state index in [2.05, 4.69) is 60.5 Å². The molecule has 2 aliphatic heterocycles. The van der Waals surface area contributed by atoms with Crippen LogP contribution in [0.15, 0.2) is 42.6 Å². The third-order valence-electron chi connectivity index (χ3n) is 9.94. The summed E-state index contributed by atoms with van der Waals surface area (Å²) in [6.45, 7) is 7.77. The molecular formula is C31H43N3O. The second-order valence-electron chi connectivity index (χ2n) is 11.9. The molecule has 1 spiro atoms. The van der Waals surface area contributed by atoms with E-state index < -0.39 is 0 Å². The van der Waals surface area contributed by atoms with Gasteiger partial charge in [0.1, 0.15) is 0 Å². The van der Waals surface area contributed by atoms with Gasteiger partial charge in [0.05, 0.1) is 5.60 Å². The highest BCUT2D eigenvalue weighted by molar-refractivity contribution is 5.44. The maximum Gasteiger partial charge on any atom is 0.0691 e. The second kappa shape index (κ2) is 9.61. The van der Waals surface area contributed by atoms with Gasteiger partial charge < -0.3 is 10.1 Å². The first-order valence-corrected chi connectivity index (χ1v) is 14.3. The summed E-state index contributed by atoms with van der Waals surface area (Å²) in [4.78, 5) is 7.66. The van der Waals surface area contributed by atoms with Crippen molar-refractivity contribution < 1.29 is 4.74 Å². The number of nitrogens with zero attached hydrogens (tertiary/aromatic N) is 2. The molecule has 1 aromatic carbocycles. The average molecular weight is 474 g/mol. The van der Waals surface area contributed by atoms with Crippen LogP contribution in [0.2, 0.25) is 0 Å². The highest BCUT2D eigenvalue weighted by atomic mass is 16.5. The van der Waals surface area contributed by atoms with Gasteiger partial charge in [0.25, 0.3) is 0 Å². The summed E-state index contributed by atoms with van der Waals surface area (Å²) >= 11 is 0. The molecule has 2 aliphatic carbocycles. The van der Waals surface area contributed by atoms with Crippen molar-refractivity contribution in [2.75, 3.05) is 13.2 Å². The zero-order valence-electron chi connectivity index (χ0n) is 21.8. The van der Waals surface area contributed by atoms with Gasteiger partial charge in [-0.15, -0.1) is 0 Å². The molecule has 35 heavy (non-hydrogen) atoms. The van der Waals surface area contributed by atoms with Crippen LogP contribution in [-0.4, -0.2) is 34.7 Å². The van der Waals surface area contributed by atoms with Gasteiger partial charge in [-0.1, -0.05) is 44.0 Å². The van der Waals surface area contributed by atoms with Gasteiger partial charge in [0.15, 0.2) is 0 Å². The van der Waals surface area contributed by atoms with Crippen LogP contribution in [0.25, 0.3) is 0 Å². The van der Waals surface area contributed by atoms with Crippen molar-refractivity contribution in [2.45, 2.75) is 114 Å². The zero-order chi connectivity index (χ0) is 23.9. The van der Waals surface area contributed by atoms with E-state index in [1.54, 1.807) is 16.7 Å². The molecule has 3 unspecified atom stereocenters. The normalized spacial score (nSPS) is 30.5. The van der Waals surface area contributed by atoms with Crippen LogP contribution >= 0.6 is 0 Å². The van der Waals surface area contributed by atoms with Gasteiger partial charge in [-0.3, -0.25) is 9.88 Å². The molecule has 188 valence electrons. The van der Waals surface area contributed by atoms with Crippen LogP contribution in [-0.2, 0) is 16.7 Å². The van der Waals surface area contributed by atoms with Crippen molar-refractivity contribution in [1.29, 1.82) is 0 Å². The number of aromatic nitrogens is 1. The van der Waals surface area contributed by atoms with Crippen molar-refractivity contribution in [1.82, 2.24) is 15.2 Å². The Kier molecular flexibility index (Phi) is 6.49. The van der Waals surface area contributed by atoms with Crippen LogP contribution in [0.4, 0.5) is 0 Å². The first kappa shape index (κ1) is 23.6. The van der Waals surface area contributed by atoms with Crippen molar-refractivity contribution in [2.24, 2.45) is 0 Å². The molecular weight excluding hydrogens is 430 g/mol. The molecule has 1 aromatic heterocycles. The fourth-order valence-electron chi connectivity index (χ4n) is 7.94. The summed E-state index contributed by atoms with van der Waals surface area (Å²) in [5.74, 6) is 0. The Morgan fingerprint density at radius 1 is 1.11 bits per heavy atom. The van der Waals surface area contributed by atoms with Crippen molar-refractivity contribution >= 4 is 0 Å². The second-order valence-corrected chi connectivity index (χ2v) is 11.9. The Labute approximate surface area is 211 Å². The fraction of sp³-hybridized carbons (Fsp3) is 0.645. The first-order valence-electron chi connectivity index (χ1n) is 14.3. The summed E-state index contributed by atoms with van der Waals surface area (Å²) in [6.07, 6.45) is 14.2. The summed E-state index contributed by atoms with van der Waals surface area (Å²) in [6, 6.07) is 15.3. The summed E-state index contributed by atoms with van der Waals surface area (Å²) in [5.41, 5.74) is 6.28. The van der Waals surface area contributed by atoms with E-state index in [1.807, 2.05) is 6.20 Å². The number of pyridine rings is 1. The minimum Gasteiger partial charge on any atom is -0.375 e. The quantitative estimate of drug-likeness (QED) is 0.491. The molecule has 6 rings (SSSR count). The molecule has 0 bridgehead atoms. The standard InChI is InChI=1S/C31H43N3O/c1-3-23(2)34-21-24-9-8-10-25-26(12-13-27(34)29(24)25)32-19-16-30(28-11-4-7-18-33-28)17-20-35-31(22-30)14-5-6-15-31/h4,7-11,18,23,26-27,32H,3,5-6,12-17,19-22H2,1-2H3/t23?,26?,27?,30-/m1/s1. The Morgan fingerprint density at radius 2 is 2.00 bits per heavy atom. The van der Waals surface area contributed by atoms with Crippen molar-refractivity contribution in [3.05, 3.63) is 65.0 Å². The maximum atomic E-state index is 6.46. The van der Waals surface area contributed by atoms with Gasteiger partial charge in [0.2, 0.25) is 0 Å².